The lowest BCUT2D eigenvalue weighted by molar-refractivity contribution is 0.0698. The lowest BCUT2D eigenvalue weighted by Crippen LogP contribution is -2.36. The molecule has 5 heteroatoms. The summed E-state index contributed by atoms with van der Waals surface area (Å²) in [4.78, 5) is 17.4. The van der Waals surface area contributed by atoms with Crippen LogP contribution in [0.15, 0.2) is 12.3 Å². The van der Waals surface area contributed by atoms with Crippen LogP contribution in [0.25, 0.3) is 0 Å². The number of pyridine rings is 1. The molecule has 0 atom stereocenters. The average molecular weight is 263 g/mol. The van der Waals surface area contributed by atoms with Gasteiger partial charge in [0.15, 0.2) is 5.82 Å². The number of nitrogens with two attached hydrogens (primary N) is 1. The van der Waals surface area contributed by atoms with E-state index in [4.69, 9.17) is 10.8 Å². The Morgan fingerprint density at radius 2 is 2.05 bits per heavy atom. The second-order valence-corrected chi connectivity index (χ2v) is 5.43. The molecular formula is C14H21N3O2. The fraction of sp³-hybridized carbons (Fsp3) is 0.571. The minimum Gasteiger partial charge on any atom is -0.478 e. The Morgan fingerprint density at radius 3 is 2.63 bits per heavy atom. The molecule has 0 radical (unpaired) electrons. The van der Waals surface area contributed by atoms with Crippen LogP contribution < -0.4 is 10.6 Å². The van der Waals surface area contributed by atoms with Crippen molar-refractivity contribution < 1.29 is 9.90 Å². The molecule has 1 saturated carbocycles. The summed E-state index contributed by atoms with van der Waals surface area (Å²) in [6.45, 7) is 2.27. The number of hydrogen-bond acceptors (Lipinski definition) is 4. The van der Waals surface area contributed by atoms with E-state index in [1.54, 1.807) is 0 Å². The highest BCUT2D eigenvalue weighted by molar-refractivity contribution is 5.96. The van der Waals surface area contributed by atoms with Crippen LogP contribution in [0.2, 0.25) is 0 Å². The minimum absolute atomic E-state index is 0.126. The lowest BCUT2D eigenvalue weighted by Gasteiger charge is -2.34. The van der Waals surface area contributed by atoms with Gasteiger partial charge in [0.2, 0.25) is 0 Å². The molecule has 1 aliphatic rings. The predicted molar refractivity (Wildman–Crippen MR) is 75.4 cm³/mol. The van der Waals surface area contributed by atoms with Gasteiger partial charge in [-0.3, -0.25) is 0 Å². The van der Waals surface area contributed by atoms with Crippen molar-refractivity contribution in [2.24, 2.45) is 5.92 Å². The van der Waals surface area contributed by atoms with Gasteiger partial charge in [0.25, 0.3) is 0 Å². The number of carbonyl (C=O) groups is 1. The van der Waals surface area contributed by atoms with Gasteiger partial charge in [-0.2, -0.15) is 0 Å². The van der Waals surface area contributed by atoms with Crippen LogP contribution in [0.3, 0.4) is 0 Å². The zero-order valence-electron chi connectivity index (χ0n) is 11.5. The van der Waals surface area contributed by atoms with Crippen LogP contribution >= 0.6 is 0 Å². The van der Waals surface area contributed by atoms with Gasteiger partial charge in [-0.25, -0.2) is 9.78 Å². The first-order chi connectivity index (χ1) is 9.00. The van der Waals surface area contributed by atoms with E-state index in [2.05, 4.69) is 11.9 Å². The number of carboxylic acids is 1. The first kappa shape index (κ1) is 13.6. The third kappa shape index (κ3) is 2.80. The molecular weight excluding hydrogens is 242 g/mol. The van der Waals surface area contributed by atoms with E-state index in [1.165, 1.54) is 25.1 Å². The zero-order chi connectivity index (χ0) is 14.0. The average Bonchev–Trinajstić information content (AvgIpc) is 2.38. The zero-order valence-corrected chi connectivity index (χ0v) is 11.5. The van der Waals surface area contributed by atoms with Gasteiger partial charge in [-0.1, -0.05) is 6.92 Å². The molecule has 0 bridgehead atoms. The molecule has 2 rings (SSSR count). The Hall–Kier alpha value is -1.78. The molecule has 1 fully saturated rings. The van der Waals surface area contributed by atoms with Crippen molar-refractivity contribution in [3.8, 4) is 0 Å². The number of rotatable bonds is 3. The smallest absolute Gasteiger partial charge is 0.337 e. The standard InChI is InChI=1S/C14H21N3O2/c1-9-3-5-10(6-4-9)17(2)13-12(15)11(14(18)19)7-8-16-13/h7-10H,3-6,15H2,1-2H3,(H,18,19). The number of nitrogens with zero attached hydrogens (tertiary/aromatic N) is 2. The molecule has 1 aromatic heterocycles. The van der Waals surface area contributed by atoms with Crippen LogP contribution in [-0.2, 0) is 0 Å². The van der Waals surface area contributed by atoms with E-state index in [9.17, 15) is 4.79 Å². The highest BCUT2D eigenvalue weighted by Gasteiger charge is 2.25. The quantitative estimate of drug-likeness (QED) is 0.875. The summed E-state index contributed by atoms with van der Waals surface area (Å²) in [5.41, 5.74) is 6.32. The highest BCUT2D eigenvalue weighted by atomic mass is 16.4. The molecule has 0 saturated heterocycles. The second kappa shape index (κ2) is 5.47. The molecule has 104 valence electrons. The highest BCUT2D eigenvalue weighted by Crippen LogP contribution is 2.31. The van der Waals surface area contributed by atoms with Crippen molar-refractivity contribution in [3.05, 3.63) is 17.8 Å². The van der Waals surface area contributed by atoms with Crippen molar-refractivity contribution in [3.63, 3.8) is 0 Å². The Bertz CT molecular complexity index is 468. The number of aromatic carboxylic acids is 1. The summed E-state index contributed by atoms with van der Waals surface area (Å²) in [7, 11) is 1.95. The summed E-state index contributed by atoms with van der Waals surface area (Å²) in [6.07, 6.45) is 6.13. The lowest BCUT2D eigenvalue weighted by atomic mass is 9.87. The van der Waals surface area contributed by atoms with Crippen molar-refractivity contribution in [2.75, 3.05) is 17.7 Å². The molecule has 0 aliphatic heterocycles. The van der Waals surface area contributed by atoms with Gasteiger partial charge in [-0.15, -0.1) is 0 Å². The number of anilines is 2. The van der Waals surface area contributed by atoms with Gasteiger partial charge in [0.1, 0.15) is 0 Å². The van der Waals surface area contributed by atoms with Gasteiger partial charge in [0, 0.05) is 19.3 Å². The van der Waals surface area contributed by atoms with Crippen LogP contribution in [0.4, 0.5) is 11.5 Å². The Kier molecular flexibility index (Phi) is 3.93. The molecule has 0 aromatic carbocycles. The molecule has 1 heterocycles. The van der Waals surface area contributed by atoms with Crippen LogP contribution in [0.1, 0.15) is 43.0 Å². The second-order valence-electron chi connectivity index (χ2n) is 5.43. The van der Waals surface area contributed by atoms with Crippen LogP contribution in [-0.4, -0.2) is 29.1 Å². The fourth-order valence-corrected chi connectivity index (χ4v) is 2.73. The van der Waals surface area contributed by atoms with Crippen molar-refractivity contribution in [2.45, 2.75) is 38.6 Å². The summed E-state index contributed by atoms with van der Waals surface area (Å²) < 4.78 is 0. The van der Waals surface area contributed by atoms with Gasteiger partial charge in [0.05, 0.1) is 11.3 Å². The number of aromatic nitrogens is 1. The third-order valence-corrected chi connectivity index (χ3v) is 4.07. The summed E-state index contributed by atoms with van der Waals surface area (Å²) in [5.74, 6) is 0.353. The van der Waals surface area contributed by atoms with Gasteiger partial charge in [-0.05, 0) is 37.7 Å². The van der Waals surface area contributed by atoms with Crippen molar-refractivity contribution in [1.29, 1.82) is 0 Å². The van der Waals surface area contributed by atoms with Crippen molar-refractivity contribution >= 4 is 17.5 Å². The van der Waals surface area contributed by atoms with Gasteiger partial charge >= 0.3 is 5.97 Å². The molecule has 0 spiro atoms. The van der Waals surface area contributed by atoms with E-state index >= 15 is 0 Å². The number of hydrogen-bond donors (Lipinski definition) is 2. The first-order valence-corrected chi connectivity index (χ1v) is 6.71. The molecule has 0 unspecified atom stereocenters. The topological polar surface area (TPSA) is 79.5 Å². The molecule has 19 heavy (non-hydrogen) atoms. The summed E-state index contributed by atoms with van der Waals surface area (Å²) in [6, 6.07) is 1.84. The predicted octanol–water partition coefficient (Wildman–Crippen LogP) is 2.38. The molecule has 3 N–H and O–H groups in total. The first-order valence-electron chi connectivity index (χ1n) is 6.71. The maximum atomic E-state index is 11.1. The normalized spacial score (nSPS) is 23.1. The molecule has 1 aliphatic carbocycles. The minimum atomic E-state index is -1.01. The van der Waals surface area contributed by atoms with E-state index in [1.807, 2.05) is 11.9 Å². The number of carboxylic acid groups (broad SMARTS) is 1. The molecule has 0 amide bonds. The van der Waals surface area contributed by atoms with Crippen LogP contribution in [0.5, 0.6) is 0 Å². The Balaban J connectivity index is 2.21. The Labute approximate surface area is 113 Å². The Morgan fingerprint density at radius 1 is 1.42 bits per heavy atom. The largest absolute Gasteiger partial charge is 0.478 e. The van der Waals surface area contributed by atoms with Crippen LogP contribution in [0, 0.1) is 5.92 Å². The third-order valence-electron chi connectivity index (χ3n) is 4.07. The van der Waals surface area contributed by atoms with E-state index in [-0.39, 0.29) is 11.3 Å². The van der Waals surface area contributed by atoms with Gasteiger partial charge < -0.3 is 15.7 Å². The maximum absolute atomic E-state index is 11.1. The maximum Gasteiger partial charge on any atom is 0.337 e. The fourth-order valence-electron chi connectivity index (χ4n) is 2.73. The molecule has 1 aromatic rings. The SMILES string of the molecule is CC1CCC(N(C)c2nccc(C(=O)O)c2N)CC1. The summed E-state index contributed by atoms with van der Waals surface area (Å²) >= 11 is 0. The monoisotopic (exact) mass is 263 g/mol. The van der Waals surface area contributed by atoms with Crippen molar-refractivity contribution in [1.82, 2.24) is 4.98 Å². The molecule has 5 nitrogen and oxygen atoms in total. The van der Waals surface area contributed by atoms with E-state index in [0.717, 1.165) is 18.8 Å². The number of nitrogen functional groups attached to an aromatic ring is 1. The van der Waals surface area contributed by atoms with E-state index < -0.39 is 5.97 Å². The summed E-state index contributed by atoms with van der Waals surface area (Å²) in [5, 5.41) is 9.09. The van der Waals surface area contributed by atoms with E-state index in [0.29, 0.717) is 11.9 Å².